The Hall–Kier alpha value is -3.39. The Bertz CT molecular complexity index is 994. The fourth-order valence-corrected chi connectivity index (χ4v) is 4.79. The van der Waals surface area contributed by atoms with Gasteiger partial charge in [-0.05, 0) is 41.0 Å². The van der Waals surface area contributed by atoms with Crippen LogP contribution in [0.3, 0.4) is 0 Å². The summed E-state index contributed by atoms with van der Waals surface area (Å²) in [7, 11) is 0. The maximum Gasteiger partial charge on any atom is 0.407 e. The number of alkyl carbamates (subject to hydrolysis) is 1. The number of hydrogen-bond donors (Lipinski definition) is 3. The zero-order chi connectivity index (χ0) is 23.4. The van der Waals surface area contributed by atoms with Crippen LogP contribution in [0.1, 0.15) is 36.3 Å². The Morgan fingerprint density at radius 2 is 1.70 bits per heavy atom. The number of carboxylic acid groups (broad SMARTS) is 1. The number of carbonyl (C=O) groups excluding carboxylic acids is 2. The van der Waals surface area contributed by atoms with Gasteiger partial charge in [0.05, 0.1) is 6.42 Å². The Balaban J connectivity index is 1.42. The van der Waals surface area contributed by atoms with Gasteiger partial charge >= 0.3 is 12.1 Å². The number of piperidine rings is 1. The molecule has 174 valence electrons. The summed E-state index contributed by atoms with van der Waals surface area (Å²) in [5.41, 5.74) is 4.33. The molecule has 1 heterocycles. The van der Waals surface area contributed by atoms with Crippen molar-refractivity contribution < 1.29 is 29.3 Å². The highest BCUT2D eigenvalue weighted by molar-refractivity contribution is 5.89. The van der Waals surface area contributed by atoms with Gasteiger partial charge in [-0.15, -0.1) is 0 Å². The molecule has 0 bridgehead atoms. The van der Waals surface area contributed by atoms with Gasteiger partial charge in [0.25, 0.3) is 0 Å². The van der Waals surface area contributed by atoms with Crippen molar-refractivity contribution in [2.45, 2.75) is 31.2 Å². The summed E-state index contributed by atoms with van der Waals surface area (Å²) < 4.78 is 5.48. The average Bonchev–Trinajstić information content (AvgIpc) is 3.15. The number of likely N-dealkylation sites (tertiary alicyclic amines) is 1. The number of amides is 2. The van der Waals surface area contributed by atoms with Crippen molar-refractivity contribution in [3.05, 3.63) is 59.7 Å². The van der Waals surface area contributed by atoms with Crippen LogP contribution < -0.4 is 5.32 Å². The van der Waals surface area contributed by atoms with Gasteiger partial charge in [0.2, 0.25) is 5.91 Å². The molecule has 2 aliphatic rings. The van der Waals surface area contributed by atoms with Crippen LogP contribution in [-0.2, 0) is 14.3 Å². The van der Waals surface area contributed by atoms with Crippen molar-refractivity contribution in [1.82, 2.24) is 10.2 Å². The molecule has 33 heavy (non-hydrogen) atoms. The van der Waals surface area contributed by atoms with Crippen molar-refractivity contribution in [3.8, 4) is 11.1 Å². The van der Waals surface area contributed by atoms with Crippen LogP contribution in [0.15, 0.2) is 48.5 Å². The molecule has 8 heteroatoms. The summed E-state index contributed by atoms with van der Waals surface area (Å²) in [5, 5.41) is 21.1. The maximum atomic E-state index is 12.9. The van der Waals surface area contributed by atoms with Gasteiger partial charge in [0.15, 0.2) is 0 Å². The first-order valence-corrected chi connectivity index (χ1v) is 11.2. The average molecular weight is 453 g/mol. The summed E-state index contributed by atoms with van der Waals surface area (Å²) in [6.45, 7) is 0.854. The molecule has 8 nitrogen and oxygen atoms in total. The smallest absolute Gasteiger partial charge is 0.407 e. The summed E-state index contributed by atoms with van der Waals surface area (Å²) >= 11 is 0. The number of nitrogens with one attached hydrogen (secondary N) is 1. The normalized spacial score (nSPS) is 18.2. The SMILES string of the molecule is O=C(O)CC(NC(=O)OCC1c2ccccc2-c2ccccc21)C(=O)N1CCCC(CO)C1. The van der Waals surface area contributed by atoms with Crippen molar-refractivity contribution in [3.63, 3.8) is 0 Å². The molecule has 1 aliphatic heterocycles. The van der Waals surface area contributed by atoms with Crippen LogP contribution in [-0.4, -0.2) is 65.4 Å². The van der Waals surface area contributed by atoms with Gasteiger partial charge in [0, 0.05) is 25.6 Å². The van der Waals surface area contributed by atoms with E-state index in [1.807, 2.05) is 48.5 Å². The van der Waals surface area contributed by atoms with E-state index in [-0.39, 0.29) is 25.0 Å². The predicted octanol–water partition coefficient (Wildman–Crippen LogP) is 2.60. The van der Waals surface area contributed by atoms with Crippen molar-refractivity contribution in [2.24, 2.45) is 5.92 Å². The van der Waals surface area contributed by atoms with Gasteiger partial charge in [0.1, 0.15) is 12.6 Å². The van der Waals surface area contributed by atoms with E-state index in [1.165, 1.54) is 4.90 Å². The zero-order valence-corrected chi connectivity index (χ0v) is 18.3. The summed E-state index contributed by atoms with van der Waals surface area (Å²) in [6, 6.07) is 14.7. The molecule has 2 amide bonds. The van der Waals surface area contributed by atoms with E-state index in [1.54, 1.807) is 0 Å². The second kappa shape index (κ2) is 10.0. The highest BCUT2D eigenvalue weighted by Gasteiger charge is 2.33. The van der Waals surface area contributed by atoms with Crippen LogP contribution in [0, 0.1) is 5.92 Å². The molecule has 2 aromatic rings. The summed E-state index contributed by atoms with van der Waals surface area (Å²) in [5.74, 6) is -1.83. The molecule has 2 aromatic carbocycles. The molecule has 1 fully saturated rings. The first kappa shape index (κ1) is 22.8. The minimum atomic E-state index is -1.23. The fraction of sp³-hybridized carbons (Fsp3) is 0.400. The first-order chi connectivity index (χ1) is 16.0. The number of fused-ring (bicyclic) bond motifs is 3. The molecule has 0 spiro atoms. The van der Waals surface area contributed by atoms with Crippen LogP contribution in [0.2, 0.25) is 0 Å². The monoisotopic (exact) mass is 452 g/mol. The van der Waals surface area contributed by atoms with Gasteiger partial charge in [-0.25, -0.2) is 4.79 Å². The lowest BCUT2D eigenvalue weighted by Crippen LogP contribution is -2.52. The van der Waals surface area contributed by atoms with E-state index in [4.69, 9.17) is 4.74 Å². The quantitative estimate of drug-likeness (QED) is 0.595. The number of aliphatic hydroxyl groups is 1. The standard InChI is InChI=1S/C25H28N2O6/c28-14-16-6-5-11-27(13-16)24(31)22(12-23(29)30)26-25(32)33-15-21-19-9-3-1-7-17(19)18-8-2-4-10-20(18)21/h1-4,7-10,16,21-22,28H,5-6,11-15H2,(H,26,32)(H,29,30). The molecule has 2 unspecified atom stereocenters. The van der Waals surface area contributed by atoms with Crippen LogP contribution in [0.25, 0.3) is 11.1 Å². The molecular formula is C25H28N2O6. The second-order valence-corrected chi connectivity index (χ2v) is 8.60. The first-order valence-electron chi connectivity index (χ1n) is 11.2. The number of ether oxygens (including phenoxy) is 1. The molecule has 4 rings (SSSR count). The lowest BCUT2D eigenvalue weighted by atomic mass is 9.98. The fourth-order valence-electron chi connectivity index (χ4n) is 4.79. The summed E-state index contributed by atoms with van der Waals surface area (Å²) in [4.78, 5) is 38.4. The molecular weight excluding hydrogens is 424 g/mol. The van der Waals surface area contributed by atoms with E-state index in [2.05, 4.69) is 5.32 Å². The molecule has 3 N–H and O–H groups in total. The highest BCUT2D eigenvalue weighted by atomic mass is 16.5. The van der Waals surface area contributed by atoms with Crippen molar-refractivity contribution >= 4 is 18.0 Å². The van der Waals surface area contributed by atoms with E-state index in [0.717, 1.165) is 35.1 Å². The third-order valence-electron chi connectivity index (χ3n) is 6.40. The molecule has 1 aliphatic carbocycles. The van der Waals surface area contributed by atoms with Gasteiger partial charge in [-0.2, -0.15) is 0 Å². The third-order valence-corrected chi connectivity index (χ3v) is 6.40. The van der Waals surface area contributed by atoms with Crippen LogP contribution in [0.4, 0.5) is 4.79 Å². The Morgan fingerprint density at radius 1 is 1.06 bits per heavy atom. The number of aliphatic hydroxyl groups excluding tert-OH is 1. The number of hydrogen-bond acceptors (Lipinski definition) is 5. The van der Waals surface area contributed by atoms with E-state index in [0.29, 0.717) is 13.1 Å². The van der Waals surface area contributed by atoms with Gasteiger partial charge < -0.3 is 25.2 Å². The number of aliphatic carboxylic acids is 1. The Kier molecular flexibility index (Phi) is 6.93. The van der Waals surface area contributed by atoms with E-state index < -0.39 is 30.4 Å². The predicted molar refractivity (Wildman–Crippen MR) is 121 cm³/mol. The van der Waals surface area contributed by atoms with Crippen LogP contribution >= 0.6 is 0 Å². The lowest BCUT2D eigenvalue weighted by molar-refractivity contribution is -0.143. The second-order valence-electron chi connectivity index (χ2n) is 8.60. The van der Waals surface area contributed by atoms with Gasteiger partial charge in [-0.1, -0.05) is 48.5 Å². The van der Waals surface area contributed by atoms with E-state index in [9.17, 15) is 24.6 Å². The topological polar surface area (TPSA) is 116 Å². The highest BCUT2D eigenvalue weighted by Crippen LogP contribution is 2.44. The number of nitrogens with zero attached hydrogens (tertiary/aromatic N) is 1. The number of carboxylic acids is 1. The van der Waals surface area contributed by atoms with Crippen LogP contribution in [0.5, 0.6) is 0 Å². The number of carbonyl (C=O) groups is 3. The minimum absolute atomic E-state index is 0.0345. The number of benzene rings is 2. The molecule has 2 atom stereocenters. The van der Waals surface area contributed by atoms with Crippen molar-refractivity contribution in [2.75, 3.05) is 26.3 Å². The summed E-state index contributed by atoms with van der Waals surface area (Å²) in [6.07, 6.45) is 0.168. The molecule has 0 radical (unpaired) electrons. The Morgan fingerprint density at radius 3 is 2.30 bits per heavy atom. The lowest BCUT2D eigenvalue weighted by Gasteiger charge is -2.34. The minimum Gasteiger partial charge on any atom is -0.481 e. The van der Waals surface area contributed by atoms with Gasteiger partial charge in [-0.3, -0.25) is 9.59 Å². The third kappa shape index (κ3) is 5.01. The van der Waals surface area contributed by atoms with E-state index >= 15 is 0 Å². The largest absolute Gasteiger partial charge is 0.481 e. The molecule has 1 saturated heterocycles. The van der Waals surface area contributed by atoms with Crippen molar-refractivity contribution in [1.29, 1.82) is 0 Å². The molecule has 0 saturated carbocycles. The maximum absolute atomic E-state index is 12.9. The Labute approximate surface area is 192 Å². The number of rotatable bonds is 7. The molecule has 0 aromatic heterocycles. The zero-order valence-electron chi connectivity index (χ0n) is 18.3.